The first-order valence-corrected chi connectivity index (χ1v) is 9.31. The van der Waals surface area contributed by atoms with Crippen LogP contribution in [-0.2, 0) is 19.4 Å². The van der Waals surface area contributed by atoms with Gasteiger partial charge in [-0.15, -0.1) is 0 Å². The molecule has 1 aliphatic rings. The van der Waals surface area contributed by atoms with Gasteiger partial charge >= 0.3 is 5.97 Å². The second-order valence-electron chi connectivity index (χ2n) is 5.84. The summed E-state index contributed by atoms with van der Waals surface area (Å²) in [6.07, 6.45) is 0.350. The van der Waals surface area contributed by atoms with Gasteiger partial charge in [0.2, 0.25) is 0 Å². The van der Waals surface area contributed by atoms with Crippen LogP contribution in [0.2, 0.25) is 0 Å². The van der Waals surface area contributed by atoms with Gasteiger partial charge in [0.25, 0.3) is 11.6 Å². The molecule has 0 N–H and O–H groups in total. The predicted octanol–water partition coefficient (Wildman–Crippen LogP) is 0.706. The van der Waals surface area contributed by atoms with E-state index in [4.69, 9.17) is 4.74 Å². The average molecular weight is 370 g/mol. The zero-order chi connectivity index (χ0) is 18.8. The maximum atomic E-state index is 12.1. The monoisotopic (exact) mass is 370 g/mol. The van der Waals surface area contributed by atoms with Gasteiger partial charge in [-0.1, -0.05) is 6.07 Å². The molecule has 25 heavy (non-hydrogen) atoms. The van der Waals surface area contributed by atoms with Crippen molar-refractivity contribution in [1.82, 2.24) is 4.90 Å². The van der Waals surface area contributed by atoms with E-state index >= 15 is 0 Å². The maximum absolute atomic E-state index is 12.1. The highest BCUT2D eigenvalue weighted by Crippen LogP contribution is 2.22. The fourth-order valence-electron chi connectivity index (χ4n) is 2.63. The highest BCUT2D eigenvalue weighted by molar-refractivity contribution is 7.91. The second-order valence-corrected chi connectivity index (χ2v) is 8.07. The predicted molar refractivity (Wildman–Crippen MR) is 87.9 cm³/mol. The lowest BCUT2D eigenvalue weighted by Gasteiger charge is -2.23. The smallest absolute Gasteiger partial charge is 0.339 e. The Morgan fingerprint density at radius 3 is 2.64 bits per heavy atom. The highest BCUT2D eigenvalue weighted by Gasteiger charge is 2.33. The Kier molecular flexibility index (Phi) is 5.41. The molecule has 0 saturated carbocycles. The first-order chi connectivity index (χ1) is 11.6. The number of nitro groups is 1. The molecular formula is C15H18N2O7S. The third-order valence-electron chi connectivity index (χ3n) is 4.20. The van der Waals surface area contributed by atoms with Crippen LogP contribution in [0.4, 0.5) is 5.69 Å². The number of nitrogens with zero attached hydrogens (tertiary/aromatic N) is 2. The molecule has 136 valence electrons. The summed E-state index contributed by atoms with van der Waals surface area (Å²) in [4.78, 5) is 35.7. The van der Waals surface area contributed by atoms with E-state index < -0.39 is 39.3 Å². The van der Waals surface area contributed by atoms with Gasteiger partial charge < -0.3 is 9.64 Å². The van der Waals surface area contributed by atoms with Crippen molar-refractivity contribution in [3.05, 3.63) is 39.4 Å². The van der Waals surface area contributed by atoms with Crippen molar-refractivity contribution in [3.63, 3.8) is 0 Å². The molecule has 0 radical (unpaired) electrons. The Morgan fingerprint density at radius 1 is 1.40 bits per heavy atom. The first-order valence-electron chi connectivity index (χ1n) is 7.49. The Bertz CT molecular complexity index is 819. The fourth-order valence-corrected chi connectivity index (χ4v) is 4.41. The molecule has 0 unspecified atom stereocenters. The number of carbonyl (C=O) groups excluding carboxylic acids is 2. The largest absolute Gasteiger partial charge is 0.452 e. The molecule has 1 aromatic rings. The first kappa shape index (κ1) is 18.8. The van der Waals surface area contributed by atoms with Gasteiger partial charge in [0, 0.05) is 24.7 Å². The van der Waals surface area contributed by atoms with Gasteiger partial charge in [-0.2, -0.15) is 0 Å². The van der Waals surface area contributed by atoms with Gasteiger partial charge in [-0.05, 0) is 19.4 Å². The van der Waals surface area contributed by atoms with Crippen LogP contribution in [0.15, 0.2) is 18.2 Å². The molecule has 1 fully saturated rings. The van der Waals surface area contributed by atoms with Gasteiger partial charge in [0.05, 0.1) is 22.0 Å². The Morgan fingerprint density at radius 2 is 2.08 bits per heavy atom. The fraction of sp³-hybridized carbons (Fsp3) is 0.467. The summed E-state index contributed by atoms with van der Waals surface area (Å²) < 4.78 is 27.9. The number of benzene rings is 1. The zero-order valence-electron chi connectivity index (χ0n) is 13.8. The molecular weight excluding hydrogens is 352 g/mol. The van der Waals surface area contributed by atoms with Crippen molar-refractivity contribution in [1.29, 1.82) is 0 Å². The average Bonchev–Trinajstić information content (AvgIpc) is 2.91. The van der Waals surface area contributed by atoms with Crippen molar-refractivity contribution in [2.24, 2.45) is 0 Å². The SMILES string of the molecule is Cc1c(C(=O)OCC(=O)N(C)[C@H]2CCS(=O)(=O)C2)cccc1[N+](=O)[O-]. The van der Waals surface area contributed by atoms with E-state index in [9.17, 15) is 28.1 Å². The van der Waals surface area contributed by atoms with Crippen LogP contribution >= 0.6 is 0 Å². The number of hydrogen-bond donors (Lipinski definition) is 0. The molecule has 0 spiro atoms. The molecule has 1 saturated heterocycles. The summed E-state index contributed by atoms with van der Waals surface area (Å²) in [6.45, 7) is 0.861. The molecule has 0 bridgehead atoms. The van der Waals surface area contributed by atoms with Crippen LogP contribution in [-0.4, -0.2) is 61.3 Å². The number of likely N-dealkylation sites (N-methyl/N-ethyl adjacent to an activating group) is 1. The lowest BCUT2D eigenvalue weighted by molar-refractivity contribution is -0.385. The van der Waals surface area contributed by atoms with Gasteiger partial charge in [0.1, 0.15) is 0 Å². The number of nitro benzene ring substituents is 1. The molecule has 2 rings (SSSR count). The number of sulfone groups is 1. The number of carbonyl (C=O) groups is 2. The second kappa shape index (κ2) is 7.18. The summed E-state index contributed by atoms with van der Waals surface area (Å²) in [5, 5.41) is 10.9. The Balaban J connectivity index is 1.99. The highest BCUT2D eigenvalue weighted by atomic mass is 32.2. The molecule has 1 amide bonds. The Hall–Kier alpha value is -2.49. The number of amides is 1. The van der Waals surface area contributed by atoms with E-state index in [1.807, 2.05) is 0 Å². The number of esters is 1. The van der Waals surface area contributed by atoms with Crippen LogP contribution in [0.25, 0.3) is 0 Å². The minimum Gasteiger partial charge on any atom is -0.452 e. The van der Waals surface area contributed by atoms with Gasteiger partial charge in [-0.25, -0.2) is 13.2 Å². The molecule has 0 aliphatic carbocycles. The summed E-state index contributed by atoms with van der Waals surface area (Å²) in [7, 11) is -1.67. The van der Waals surface area contributed by atoms with Crippen molar-refractivity contribution >= 4 is 27.4 Å². The number of ether oxygens (including phenoxy) is 1. The summed E-state index contributed by atoms with van der Waals surface area (Å²) >= 11 is 0. The van der Waals surface area contributed by atoms with E-state index in [0.717, 1.165) is 0 Å². The van der Waals surface area contributed by atoms with Gasteiger partial charge in [0.15, 0.2) is 16.4 Å². The molecule has 9 nitrogen and oxygen atoms in total. The number of rotatable bonds is 5. The van der Waals surface area contributed by atoms with Crippen molar-refractivity contribution in [3.8, 4) is 0 Å². The minimum absolute atomic E-state index is 0.00750. The molecule has 1 atom stereocenters. The standard InChI is InChI=1S/C15H18N2O7S/c1-10-12(4-3-5-13(10)17(20)21)15(19)24-8-14(18)16(2)11-6-7-25(22,23)9-11/h3-5,11H,6-9H2,1-2H3/t11-/m0/s1. The molecule has 10 heteroatoms. The van der Waals surface area contributed by atoms with E-state index in [1.165, 1.54) is 37.1 Å². The van der Waals surface area contributed by atoms with E-state index in [2.05, 4.69) is 0 Å². The summed E-state index contributed by atoms with van der Waals surface area (Å²) in [6, 6.07) is 3.57. The van der Waals surface area contributed by atoms with E-state index in [1.54, 1.807) is 0 Å². The minimum atomic E-state index is -3.13. The van der Waals surface area contributed by atoms with Gasteiger partial charge in [-0.3, -0.25) is 14.9 Å². The summed E-state index contributed by atoms with van der Waals surface area (Å²) in [5.74, 6) is -1.45. The quantitative estimate of drug-likeness (QED) is 0.424. The Labute approximate surface area is 144 Å². The van der Waals surface area contributed by atoms with Crippen molar-refractivity contribution in [2.75, 3.05) is 25.2 Å². The zero-order valence-corrected chi connectivity index (χ0v) is 14.6. The third-order valence-corrected chi connectivity index (χ3v) is 5.95. The maximum Gasteiger partial charge on any atom is 0.339 e. The lowest BCUT2D eigenvalue weighted by Crippen LogP contribution is -2.40. The molecule has 1 aromatic carbocycles. The molecule has 0 aromatic heterocycles. The number of hydrogen-bond acceptors (Lipinski definition) is 7. The lowest BCUT2D eigenvalue weighted by atomic mass is 10.1. The van der Waals surface area contributed by atoms with E-state index in [-0.39, 0.29) is 28.3 Å². The topological polar surface area (TPSA) is 124 Å². The third kappa shape index (κ3) is 4.32. The molecule has 1 aliphatic heterocycles. The van der Waals surface area contributed by atoms with Crippen molar-refractivity contribution < 1.29 is 27.7 Å². The van der Waals surface area contributed by atoms with Crippen LogP contribution in [0.5, 0.6) is 0 Å². The van der Waals surface area contributed by atoms with E-state index in [0.29, 0.717) is 6.42 Å². The van der Waals surface area contributed by atoms with Crippen LogP contribution in [0, 0.1) is 17.0 Å². The summed E-state index contributed by atoms with van der Waals surface area (Å²) in [5.41, 5.74) is -0.0534. The van der Waals surface area contributed by atoms with Crippen LogP contribution in [0.3, 0.4) is 0 Å². The van der Waals surface area contributed by atoms with Crippen LogP contribution in [0.1, 0.15) is 22.3 Å². The van der Waals surface area contributed by atoms with Crippen molar-refractivity contribution in [2.45, 2.75) is 19.4 Å². The molecule has 1 heterocycles. The normalized spacial score (nSPS) is 18.6. The van der Waals surface area contributed by atoms with Crippen LogP contribution < -0.4 is 0 Å².